The second-order valence-corrected chi connectivity index (χ2v) is 6.30. The maximum atomic E-state index is 12.2. The maximum Gasteiger partial charge on any atom is 0.413 e. The van der Waals surface area contributed by atoms with Crippen LogP contribution in [0.4, 0.5) is 10.7 Å². The molecular weight excluding hydrogens is 344 g/mol. The van der Waals surface area contributed by atoms with Gasteiger partial charge in [0.15, 0.2) is 5.78 Å². The van der Waals surface area contributed by atoms with E-state index in [1.165, 1.54) is 0 Å². The van der Waals surface area contributed by atoms with E-state index in [0.717, 1.165) is 27.9 Å². The number of aliphatic imine (C=N–C) groups is 1. The Balaban J connectivity index is 1.72. The molecule has 7 heteroatoms. The van der Waals surface area contributed by atoms with Crippen molar-refractivity contribution in [1.82, 2.24) is 9.97 Å². The summed E-state index contributed by atoms with van der Waals surface area (Å²) in [5.41, 5.74) is 5.74. The van der Waals surface area contributed by atoms with E-state index in [2.05, 4.69) is 20.3 Å². The Morgan fingerprint density at radius 2 is 2.07 bits per heavy atom. The molecule has 0 bridgehead atoms. The van der Waals surface area contributed by atoms with Crippen molar-refractivity contribution >= 4 is 34.6 Å². The van der Waals surface area contributed by atoms with Crippen LogP contribution in [0.2, 0.25) is 0 Å². The number of imidazole rings is 1. The summed E-state index contributed by atoms with van der Waals surface area (Å²) in [6, 6.07) is 11.5. The molecule has 0 saturated heterocycles. The van der Waals surface area contributed by atoms with Crippen LogP contribution >= 0.6 is 0 Å². The molecule has 0 aliphatic carbocycles. The van der Waals surface area contributed by atoms with E-state index in [0.29, 0.717) is 17.0 Å². The summed E-state index contributed by atoms with van der Waals surface area (Å²) in [6.07, 6.45) is -0.559. The zero-order valence-electron chi connectivity index (χ0n) is 15.0. The van der Waals surface area contributed by atoms with Crippen LogP contribution in [0.15, 0.2) is 41.4 Å². The fraction of sp³-hybridized carbons (Fsp3) is 0.200. The number of benzene rings is 2. The summed E-state index contributed by atoms with van der Waals surface area (Å²) in [4.78, 5) is 35.6. The molecule has 4 rings (SSSR count). The fourth-order valence-corrected chi connectivity index (χ4v) is 3.15. The highest BCUT2D eigenvalue weighted by molar-refractivity contribution is 6.22. The van der Waals surface area contributed by atoms with Crippen molar-refractivity contribution in [3.63, 3.8) is 0 Å². The molecule has 0 unspecified atom stereocenters. The number of amides is 1. The number of nitrogens with zero attached hydrogens (tertiary/aromatic N) is 2. The lowest BCUT2D eigenvalue weighted by Crippen LogP contribution is -2.20. The van der Waals surface area contributed by atoms with Gasteiger partial charge in [-0.25, -0.2) is 9.78 Å². The maximum absolute atomic E-state index is 12.2. The van der Waals surface area contributed by atoms with E-state index in [-0.39, 0.29) is 18.9 Å². The summed E-state index contributed by atoms with van der Waals surface area (Å²) >= 11 is 0. The van der Waals surface area contributed by atoms with Crippen LogP contribution in [0, 0.1) is 6.92 Å². The second kappa shape index (κ2) is 6.68. The smallest absolute Gasteiger partial charge is 0.413 e. The number of anilines is 1. The molecular formula is C20H18N4O3. The van der Waals surface area contributed by atoms with E-state index >= 15 is 0 Å². The largest absolute Gasteiger partial charge is 0.450 e. The lowest BCUT2D eigenvalue weighted by atomic mass is 9.91. The number of aryl methyl sites for hydroxylation is 1. The van der Waals surface area contributed by atoms with Crippen LogP contribution in [0.5, 0.6) is 0 Å². The number of Topliss-reactive ketones (excluding diaryl/α,β-unsaturated/α-hetero) is 1. The normalized spacial score (nSPS) is 13.3. The zero-order chi connectivity index (χ0) is 19.0. The Morgan fingerprint density at radius 3 is 2.89 bits per heavy atom. The number of nitrogens with one attached hydrogen (secondary N) is 2. The van der Waals surface area contributed by atoms with E-state index < -0.39 is 6.09 Å². The topological polar surface area (TPSA) is 96.4 Å². The van der Waals surface area contributed by atoms with Gasteiger partial charge in [-0.1, -0.05) is 23.8 Å². The van der Waals surface area contributed by atoms with Crippen molar-refractivity contribution in [3.8, 4) is 0 Å². The SMILES string of the molecule is CCOC(=O)Nc1nc2ccc(C3=NCC(=O)c4ccc(C)cc43)cc2[nH]1. The van der Waals surface area contributed by atoms with Crippen molar-refractivity contribution in [2.45, 2.75) is 13.8 Å². The summed E-state index contributed by atoms with van der Waals surface area (Å²) in [7, 11) is 0. The van der Waals surface area contributed by atoms with Crippen molar-refractivity contribution in [3.05, 3.63) is 58.7 Å². The molecule has 0 spiro atoms. The first kappa shape index (κ1) is 17.0. The van der Waals surface area contributed by atoms with Gasteiger partial charge in [-0.2, -0.15) is 0 Å². The zero-order valence-corrected chi connectivity index (χ0v) is 15.0. The first-order valence-corrected chi connectivity index (χ1v) is 8.67. The molecule has 1 aliphatic heterocycles. The van der Waals surface area contributed by atoms with E-state index in [1.54, 1.807) is 6.92 Å². The number of hydrogen-bond acceptors (Lipinski definition) is 5. The summed E-state index contributed by atoms with van der Waals surface area (Å²) in [5, 5.41) is 2.56. The fourth-order valence-electron chi connectivity index (χ4n) is 3.15. The Bertz CT molecular complexity index is 1100. The Kier molecular flexibility index (Phi) is 4.19. The Labute approximate surface area is 155 Å². The molecule has 0 saturated carbocycles. The molecule has 27 heavy (non-hydrogen) atoms. The number of aromatic amines is 1. The van der Waals surface area contributed by atoms with Crippen LogP contribution in [0.25, 0.3) is 11.0 Å². The minimum atomic E-state index is -0.559. The molecule has 0 radical (unpaired) electrons. The molecule has 2 aromatic carbocycles. The van der Waals surface area contributed by atoms with Crippen LogP contribution in [0.1, 0.15) is 34.0 Å². The average molecular weight is 362 g/mol. The summed E-state index contributed by atoms with van der Waals surface area (Å²) in [6.45, 7) is 4.15. The van der Waals surface area contributed by atoms with Crippen LogP contribution in [0.3, 0.4) is 0 Å². The van der Waals surface area contributed by atoms with Crippen LogP contribution in [-0.2, 0) is 4.74 Å². The summed E-state index contributed by atoms with van der Waals surface area (Å²) in [5.74, 6) is 0.342. The van der Waals surface area contributed by atoms with Gasteiger partial charge in [0, 0.05) is 16.7 Å². The molecule has 1 aliphatic rings. The van der Waals surface area contributed by atoms with Crippen molar-refractivity contribution in [2.75, 3.05) is 18.5 Å². The Hall–Kier alpha value is -3.48. The third-order valence-electron chi connectivity index (χ3n) is 4.36. The number of H-pyrrole nitrogens is 1. The first-order valence-electron chi connectivity index (χ1n) is 8.67. The first-order chi connectivity index (χ1) is 13.0. The Morgan fingerprint density at radius 1 is 1.22 bits per heavy atom. The standard InChI is InChI=1S/C20H18N4O3/c1-3-27-20(26)24-19-22-15-7-5-12(9-16(15)23-19)18-14-8-11(2)4-6-13(14)17(25)10-21-18/h4-9H,3,10H2,1-2H3,(H2,22,23,24,26). The van der Waals surface area contributed by atoms with E-state index in [1.807, 2.05) is 43.3 Å². The quantitative estimate of drug-likeness (QED) is 0.745. The average Bonchev–Trinajstić information content (AvgIpc) is 3.03. The number of aromatic nitrogens is 2. The molecule has 7 nitrogen and oxygen atoms in total. The number of hydrogen-bond donors (Lipinski definition) is 2. The predicted molar refractivity (Wildman–Crippen MR) is 103 cm³/mol. The number of ketones is 1. The molecule has 3 aromatic rings. The van der Waals surface area contributed by atoms with Gasteiger partial charge in [-0.15, -0.1) is 0 Å². The van der Waals surface area contributed by atoms with Crippen LogP contribution in [-0.4, -0.2) is 40.7 Å². The van der Waals surface area contributed by atoms with Gasteiger partial charge in [-0.05, 0) is 32.0 Å². The van der Waals surface area contributed by atoms with Crippen molar-refractivity contribution in [2.24, 2.45) is 4.99 Å². The predicted octanol–water partition coefficient (Wildman–Crippen LogP) is 3.47. The van der Waals surface area contributed by atoms with Gasteiger partial charge in [0.1, 0.15) is 6.54 Å². The highest BCUT2D eigenvalue weighted by Gasteiger charge is 2.22. The number of carbonyl (C=O) groups excluding carboxylic acids is 2. The van der Waals surface area contributed by atoms with Gasteiger partial charge in [0.2, 0.25) is 5.95 Å². The molecule has 1 aromatic heterocycles. The third kappa shape index (κ3) is 3.19. The van der Waals surface area contributed by atoms with Gasteiger partial charge in [-0.3, -0.25) is 15.1 Å². The molecule has 2 heterocycles. The third-order valence-corrected chi connectivity index (χ3v) is 4.36. The number of carbonyl (C=O) groups is 2. The van der Waals surface area contributed by atoms with Gasteiger partial charge >= 0.3 is 6.09 Å². The van der Waals surface area contributed by atoms with E-state index in [9.17, 15) is 9.59 Å². The number of fused-ring (bicyclic) bond motifs is 2. The minimum Gasteiger partial charge on any atom is -0.450 e. The molecule has 0 atom stereocenters. The lowest BCUT2D eigenvalue weighted by Gasteiger charge is -2.17. The molecule has 0 fully saturated rings. The van der Waals surface area contributed by atoms with Gasteiger partial charge < -0.3 is 9.72 Å². The number of ether oxygens (including phenoxy) is 1. The van der Waals surface area contributed by atoms with Crippen molar-refractivity contribution in [1.29, 1.82) is 0 Å². The minimum absolute atomic E-state index is 0.0253. The van der Waals surface area contributed by atoms with Crippen LogP contribution < -0.4 is 5.32 Å². The van der Waals surface area contributed by atoms with Gasteiger partial charge in [0.25, 0.3) is 0 Å². The molecule has 2 N–H and O–H groups in total. The second-order valence-electron chi connectivity index (χ2n) is 6.30. The van der Waals surface area contributed by atoms with E-state index in [4.69, 9.17) is 4.74 Å². The van der Waals surface area contributed by atoms with Gasteiger partial charge in [0.05, 0.1) is 23.4 Å². The molecule has 136 valence electrons. The monoisotopic (exact) mass is 362 g/mol. The number of rotatable bonds is 3. The lowest BCUT2D eigenvalue weighted by molar-refractivity contribution is 0.1000. The molecule has 1 amide bonds. The highest BCUT2D eigenvalue weighted by Crippen LogP contribution is 2.24. The summed E-state index contributed by atoms with van der Waals surface area (Å²) < 4.78 is 4.86. The van der Waals surface area contributed by atoms with Crippen molar-refractivity contribution < 1.29 is 14.3 Å². The highest BCUT2D eigenvalue weighted by atomic mass is 16.5.